The van der Waals surface area contributed by atoms with E-state index >= 15 is 0 Å². The van der Waals surface area contributed by atoms with Crippen molar-refractivity contribution in [2.24, 2.45) is 0 Å². The van der Waals surface area contributed by atoms with Gasteiger partial charge in [0.2, 0.25) is 6.41 Å². The van der Waals surface area contributed by atoms with Gasteiger partial charge in [0.1, 0.15) is 11.4 Å². The van der Waals surface area contributed by atoms with Crippen molar-refractivity contribution in [3.63, 3.8) is 0 Å². The number of methoxy groups -OCH3 is 1. The van der Waals surface area contributed by atoms with Gasteiger partial charge < -0.3 is 20.1 Å². The molecule has 0 bridgehead atoms. The number of carbonyl (C=O) groups is 2. The summed E-state index contributed by atoms with van der Waals surface area (Å²) in [6.07, 6.45) is 2.04. The van der Waals surface area contributed by atoms with Crippen LogP contribution < -0.4 is 15.4 Å². The summed E-state index contributed by atoms with van der Waals surface area (Å²) in [5, 5.41) is 5.40. The quantitative estimate of drug-likeness (QED) is 0.628. The van der Waals surface area contributed by atoms with E-state index < -0.39 is 5.97 Å². The summed E-state index contributed by atoms with van der Waals surface area (Å²) in [5.74, 6) is 0.822. The molecular formula is C15H15N3O4. The molecular weight excluding hydrogens is 286 g/mol. The number of ether oxygens (including phenoxy) is 2. The number of nitrogens with one attached hydrogen (secondary N) is 2. The Balaban J connectivity index is 2.32. The summed E-state index contributed by atoms with van der Waals surface area (Å²) in [5.41, 5.74) is 0.907. The second-order valence-corrected chi connectivity index (χ2v) is 4.17. The lowest BCUT2D eigenvalue weighted by molar-refractivity contribution is -0.105. The van der Waals surface area contributed by atoms with E-state index in [-0.39, 0.29) is 0 Å². The van der Waals surface area contributed by atoms with E-state index in [4.69, 9.17) is 4.74 Å². The molecule has 1 aromatic heterocycles. The van der Waals surface area contributed by atoms with Crippen LogP contribution in [0.25, 0.3) is 0 Å². The Morgan fingerprint density at radius 1 is 1.32 bits per heavy atom. The molecule has 0 atom stereocenters. The predicted octanol–water partition coefficient (Wildman–Crippen LogP) is 2.27. The zero-order chi connectivity index (χ0) is 15.9. The van der Waals surface area contributed by atoms with E-state index in [0.29, 0.717) is 35.0 Å². The molecule has 7 heteroatoms. The first-order valence-corrected chi connectivity index (χ1v) is 6.42. The number of pyridine rings is 1. The summed E-state index contributed by atoms with van der Waals surface area (Å²) in [6, 6.07) is 8.24. The van der Waals surface area contributed by atoms with Crippen molar-refractivity contribution in [1.82, 2.24) is 4.98 Å². The van der Waals surface area contributed by atoms with Gasteiger partial charge in [0.05, 0.1) is 12.7 Å². The monoisotopic (exact) mass is 301 g/mol. The van der Waals surface area contributed by atoms with Gasteiger partial charge in [0, 0.05) is 19.3 Å². The standard InChI is InChI=1S/C15H15N3O4/c1-16-13-12(6-7-17-14(13)18-9-19)22-11-5-3-4-10(8-11)15(20)21-2/h3-9,16H,1-2H3,(H,17,18,19). The molecule has 2 aromatic rings. The smallest absolute Gasteiger partial charge is 0.337 e. The number of aromatic nitrogens is 1. The number of benzene rings is 1. The van der Waals surface area contributed by atoms with E-state index in [2.05, 4.69) is 20.4 Å². The van der Waals surface area contributed by atoms with Crippen LogP contribution in [0.5, 0.6) is 11.5 Å². The normalized spacial score (nSPS) is 9.73. The van der Waals surface area contributed by atoms with Gasteiger partial charge in [-0.25, -0.2) is 9.78 Å². The lowest BCUT2D eigenvalue weighted by Crippen LogP contribution is -2.04. The van der Waals surface area contributed by atoms with Gasteiger partial charge in [-0.2, -0.15) is 0 Å². The highest BCUT2D eigenvalue weighted by Gasteiger charge is 2.12. The first-order chi connectivity index (χ1) is 10.7. The first kappa shape index (κ1) is 15.3. The summed E-state index contributed by atoms with van der Waals surface area (Å²) < 4.78 is 10.4. The second-order valence-electron chi connectivity index (χ2n) is 4.17. The van der Waals surface area contributed by atoms with Gasteiger partial charge in [-0.1, -0.05) is 6.07 Å². The van der Waals surface area contributed by atoms with Crippen molar-refractivity contribution in [1.29, 1.82) is 0 Å². The minimum absolute atomic E-state index is 0.346. The molecule has 1 aromatic carbocycles. The zero-order valence-corrected chi connectivity index (χ0v) is 12.1. The molecule has 114 valence electrons. The summed E-state index contributed by atoms with van der Waals surface area (Å²) >= 11 is 0. The third-order valence-electron chi connectivity index (χ3n) is 2.84. The Labute approximate surface area is 127 Å². The molecule has 0 aliphatic carbocycles. The van der Waals surface area contributed by atoms with Crippen LogP contribution in [0.2, 0.25) is 0 Å². The fourth-order valence-corrected chi connectivity index (χ4v) is 1.87. The molecule has 0 aliphatic heterocycles. The van der Waals surface area contributed by atoms with Crippen LogP contribution in [0.4, 0.5) is 11.5 Å². The first-order valence-electron chi connectivity index (χ1n) is 6.42. The van der Waals surface area contributed by atoms with E-state index in [1.165, 1.54) is 13.3 Å². The van der Waals surface area contributed by atoms with Crippen LogP contribution in [0.15, 0.2) is 36.5 Å². The van der Waals surface area contributed by atoms with Crippen LogP contribution >= 0.6 is 0 Å². The fourth-order valence-electron chi connectivity index (χ4n) is 1.87. The van der Waals surface area contributed by atoms with Gasteiger partial charge in [-0.3, -0.25) is 4.79 Å². The molecule has 1 heterocycles. The number of carbonyl (C=O) groups excluding carboxylic acids is 2. The summed E-state index contributed by atoms with van der Waals surface area (Å²) in [6.45, 7) is 0. The third-order valence-corrected chi connectivity index (χ3v) is 2.84. The summed E-state index contributed by atoms with van der Waals surface area (Å²) in [4.78, 5) is 26.2. The van der Waals surface area contributed by atoms with Gasteiger partial charge in [0.25, 0.3) is 0 Å². The van der Waals surface area contributed by atoms with Crippen LogP contribution in [-0.2, 0) is 9.53 Å². The maximum absolute atomic E-state index is 11.5. The van der Waals surface area contributed by atoms with Gasteiger partial charge in [-0.15, -0.1) is 0 Å². The minimum Gasteiger partial charge on any atom is -0.465 e. The molecule has 2 N–H and O–H groups in total. The topological polar surface area (TPSA) is 89.6 Å². The number of hydrogen-bond acceptors (Lipinski definition) is 6. The maximum Gasteiger partial charge on any atom is 0.337 e. The van der Waals surface area contributed by atoms with Crippen LogP contribution in [0, 0.1) is 0 Å². The Morgan fingerprint density at radius 3 is 2.82 bits per heavy atom. The molecule has 22 heavy (non-hydrogen) atoms. The SMILES string of the molecule is CNc1c(Oc2cccc(C(=O)OC)c2)ccnc1NC=O. The minimum atomic E-state index is -0.447. The van der Waals surface area contributed by atoms with Gasteiger partial charge in [0.15, 0.2) is 11.6 Å². The maximum atomic E-state index is 11.5. The Hall–Kier alpha value is -3.09. The average Bonchev–Trinajstić information content (AvgIpc) is 2.55. The van der Waals surface area contributed by atoms with Crippen molar-refractivity contribution < 1.29 is 19.1 Å². The fraction of sp³-hybridized carbons (Fsp3) is 0.133. The molecule has 0 unspecified atom stereocenters. The average molecular weight is 301 g/mol. The molecule has 2 rings (SSSR count). The van der Waals surface area contributed by atoms with E-state index in [9.17, 15) is 9.59 Å². The highest BCUT2D eigenvalue weighted by Crippen LogP contribution is 2.33. The number of anilines is 2. The van der Waals surface area contributed by atoms with E-state index in [0.717, 1.165) is 0 Å². The Morgan fingerprint density at radius 2 is 2.14 bits per heavy atom. The molecule has 0 saturated carbocycles. The van der Waals surface area contributed by atoms with Crippen molar-refractivity contribution in [2.45, 2.75) is 0 Å². The Bertz CT molecular complexity index is 688. The van der Waals surface area contributed by atoms with Gasteiger partial charge >= 0.3 is 5.97 Å². The van der Waals surface area contributed by atoms with Crippen LogP contribution in [0.1, 0.15) is 10.4 Å². The van der Waals surface area contributed by atoms with Crippen molar-refractivity contribution >= 4 is 23.9 Å². The van der Waals surface area contributed by atoms with E-state index in [1.54, 1.807) is 37.4 Å². The summed E-state index contributed by atoms with van der Waals surface area (Å²) in [7, 11) is 3.00. The van der Waals surface area contributed by atoms with Gasteiger partial charge in [-0.05, 0) is 18.2 Å². The molecule has 1 amide bonds. The van der Waals surface area contributed by atoms with Crippen molar-refractivity contribution in [3.8, 4) is 11.5 Å². The van der Waals surface area contributed by atoms with Crippen LogP contribution in [-0.4, -0.2) is 31.5 Å². The third kappa shape index (κ3) is 3.32. The zero-order valence-electron chi connectivity index (χ0n) is 12.1. The Kier molecular flexibility index (Phi) is 4.92. The number of esters is 1. The second kappa shape index (κ2) is 7.07. The number of amides is 1. The highest BCUT2D eigenvalue weighted by molar-refractivity contribution is 5.89. The number of nitrogens with zero attached hydrogens (tertiary/aromatic N) is 1. The molecule has 0 spiro atoms. The molecule has 0 radical (unpaired) electrons. The largest absolute Gasteiger partial charge is 0.465 e. The lowest BCUT2D eigenvalue weighted by Gasteiger charge is -2.13. The molecule has 0 saturated heterocycles. The molecule has 7 nitrogen and oxygen atoms in total. The number of rotatable bonds is 6. The van der Waals surface area contributed by atoms with E-state index in [1.807, 2.05) is 0 Å². The van der Waals surface area contributed by atoms with Crippen molar-refractivity contribution in [2.75, 3.05) is 24.8 Å². The molecule has 0 fully saturated rings. The number of hydrogen-bond donors (Lipinski definition) is 2. The predicted molar refractivity (Wildman–Crippen MR) is 81.3 cm³/mol. The molecule has 0 aliphatic rings. The van der Waals surface area contributed by atoms with Crippen molar-refractivity contribution in [3.05, 3.63) is 42.1 Å². The highest BCUT2D eigenvalue weighted by atomic mass is 16.5. The van der Waals surface area contributed by atoms with Crippen LogP contribution in [0.3, 0.4) is 0 Å². The lowest BCUT2D eigenvalue weighted by atomic mass is 10.2.